The zero-order valence-corrected chi connectivity index (χ0v) is 13.6. The van der Waals surface area contributed by atoms with Crippen LogP contribution in [0.25, 0.3) is 0 Å². The maximum absolute atomic E-state index is 6.10. The van der Waals surface area contributed by atoms with Crippen molar-refractivity contribution in [2.24, 2.45) is 5.73 Å². The van der Waals surface area contributed by atoms with Gasteiger partial charge in [0.05, 0.1) is 0 Å². The minimum atomic E-state index is 0.258. The van der Waals surface area contributed by atoms with Crippen molar-refractivity contribution in [3.8, 4) is 0 Å². The van der Waals surface area contributed by atoms with E-state index >= 15 is 0 Å². The summed E-state index contributed by atoms with van der Waals surface area (Å²) in [6.07, 6.45) is 0. The molecule has 2 aromatic rings. The molecule has 0 radical (unpaired) electrons. The van der Waals surface area contributed by atoms with Crippen LogP contribution in [0.4, 0.5) is 0 Å². The number of likely N-dealkylation sites (N-methyl/N-ethyl adjacent to an activating group) is 1. The van der Waals surface area contributed by atoms with Gasteiger partial charge in [0.2, 0.25) is 0 Å². The molecule has 1 heterocycles. The van der Waals surface area contributed by atoms with E-state index in [2.05, 4.69) is 68.4 Å². The van der Waals surface area contributed by atoms with Crippen LogP contribution in [-0.4, -0.2) is 18.5 Å². The highest BCUT2D eigenvalue weighted by atomic mass is 32.1. The van der Waals surface area contributed by atoms with E-state index in [4.69, 9.17) is 5.73 Å². The smallest absolute Gasteiger partial charge is 0.0479 e. The van der Waals surface area contributed by atoms with Gasteiger partial charge in [-0.2, -0.15) is 0 Å². The summed E-state index contributed by atoms with van der Waals surface area (Å²) in [5.41, 5.74) is 10.1. The Bertz CT molecular complexity index is 528. The second-order valence-electron chi connectivity index (χ2n) is 5.41. The van der Waals surface area contributed by atoms with Crippen LogP contribution in [0.3, 0.4) is 0 Å². The number of thiophene rings is 1. The summed E-state index contributed by atoms with van der Waals surface area (Å²) >= 11 is 1.81. The molecule has 20 heavy (non-hydrogen) atoms. The second-order valence-corrected chi connectivity index (χ2v) is 6.39. The summed E-state index contributed by atoms with van der Waals surface area (Å²) in [6, 6.07) is 11.4. The molecule has 2 nitrogen and oxygen atoms in total. The van der Waals surface area contributed by atoms with E-state index in [0.717, 1.165) is 0 Å². The zero-order chi connectivity index (χ0) is 14.7. The van der Waals surface area contributed by atoms with E-state index < -0.39 is 0 Å². The number of aryl methyl sites for hydroxylation is 2. The van der Waals surface area contributed by atoms with Crippen molar-refractivity contribution in [2.45, 2.75) is 32.9 Å². The largest absolute Gasteiger partial charge is 0.329 e. The first-order valence-corrected chi connectivity index (χ1v) is 7.95. The van der Waals surface area contributed by atoms with Gasteiger partial charge >= 0.3 is 0 Å². The Kier molecular flexibility index (Phi) is 4.97. The molecule has 0 aliphatic carbocycles. The second kappa shape index (κ2) is 6.53. The molecule has 2 atom stereocenters. The molecule has 0 aliphatic heterocycles. The molecule has 0 aliphatic rings. The van der Waals surface area contributed by atoms with E-state index in [9.17, 15) is 0 Å². The van der Waals surface area contributed by atoms with Crippen LogP contribution in [0.2, 0.25) is 0 Å². The van der Waals surface area contributed by atoms with Gasteiger partial charge in [-0.3, -0.25) is 4.90 Å². The fraction of sp³-hybridized carbons (Fsp3) is 0.412. The average molecular weight is 288 g/mol. The lowest BCUT2D eigenvalue weighted by Gasteiger charge is -2.34. The van der Waals surface area contributed by atoms with Gasteiger partial charge in [0.15, 0.2) is 0 Å². The quantitative estimate of drug-likeness (QED) is 0.899. The molecule has 0 spiro atoms. The first kappa shape index (κ1) is 15.2. The van der Waals surface area contributed by atoms with Crippen LogP contribution in [-0.2, 0) is 0 Å². The normalized spacial score (nSPS) is 14.5. The van der Waals surface area contributed by atoms with Gasteiger partial charge in [0, 0.05) is 23.5 Å². The summed E-state index contributed by atoms with van der Waals surface area (Å²) < 4.78 is 0. The van der Waals surface area contributed by atoms with E-state index in [0.29, 0.717) is 12.6 Å². The van der Waals surface area contributed by atoms with Gasteiger partial charge in [-0.25, -0.2) is 0 Å². The van der Waals surface area contributed by atoms with Crippen molar-refractivity contribution in [2.75, 3.05) is 13.6 Å². The predicted molar refractivity (Wildman–Crippen MR) is 88.2 cm³/mol. The first-order valence-electron chi connectivity index (χ1n) is 7.07. The Morgan fingerprint density at radius 2 is 1.80 bits per heavy atom. The molecule has 0 amide bonds. The summed E-state index contributed by atoms with van der Waals surface area (Å²) in [5, 5.41) is 2.14. The Morgan fingerprint density at radius 1 is 1.15 bits per heavy atom. The Hall–Kier alpha value is -1.16. The number of hydrogen-bond donors (Lipinski definition) is 1. The molecule has 2 rings (SSSR count). The maximum atomic E-state index is 6.10. The van der Waals surface area contributed by atoms with Crippen molar-refractivity contribution in [3.63, 3.8) is 0 Å². The van der Waals surface area contributed by atoms with Gasteiger partial charge in [-0.05, 0) is 56.0 Å². The minimum absolute atomic E-state index is 0.258. The number of nitrogens with zero attached hydrogens (tertiary/aromatic N) is 1. The number of nitrogens with two attached hydrogens (primary N) is 1. The molecule has 0 fully saturated rings. The summed E-state index contributed by atoms with van der Waals surface area (Å²) in [7, 11) is 2.17. The number of hydrogen-bond acceptors (Lipinski definition) is 3. The molecule has 0 saturated carbocycles. The Labute approximate surface area is 126 Å². The third-order valence-electron chi connectivity index (χ3n) is 4.16. The molecule has 2 unspecified atom stereocenters. The van der Waals surface area contributed by atoms with Gasteiger partial charge in [-0.1, -0.05) is 24.3 Å². The van der Waals surface area contributed by atoms with Crippen molar-refractivity contribution >= 4 is 11.3 Å². The standard InChI is InChI=1S/C17H24N2S/c1-12-7-5-8-13(2)17(12)15(11-18)19(4)14(3)16-9-6-10-20-16/h5-10,14-15H,11,18H2,1-4H3. The molecule has 0 bridgehead atoms. The van der Waals surface area contributed by atoms with Crippen LogP contribution < -0.4 is 5.73 Å². The molecule has 0 saturated heterocycles. The van der Waals surface area contributed by atoms with Crippen LogP contribution in [0.5, 0.6) is 0 Å². The third kappa shape index (κ3) is 2.95. The summed E-state index contributed by atoms with van der Waals surface area (Å²) in [6.45, 7) is 7.24. The van der Waals surface area contributed by atoms with Crippen LogP contribution in [0.15, 0.2) is 35.7 Å². The lowest BCUT2D eigenvalue weighted by Crippen LogP contribution is -2.33. The highest BCUT2D eigenvalue weighted by molar-refractivity contribution is 7.10. The van der Waals surface area contributed by atoms with Crippen molar-refractivity contribution < 1.29 is 0 Å². The molecule has 108 valence electrons. The summed E-state index contributed by atoms with van der Waals surface area (Å²) in [4.78, 5) is 3.78. The SMILES string of the molecule is Cc1cccc(C)c1C(CN)N(C)C(C)c1cccs1. The van der Waals surface area contributed by atoms with Gasteiger partial charge < -0.3 is 5.73 Å². The van der Waals surface area contributed by atoms with Crippen LogP contribution >= 0.6 is 11.3 Å². The Balaban J connectivity index is 2.32. The minimum Gasteiger partial charge on any atom is -0.329 e. The van der Waals surface area contributed by atoms with E-state index in [1.54, 1.807) is 0 Å². The van der Waals surface area contributed by atoms with E-state index in [1.165, 1.54) is 21.6 Å². The molecule has 2 N–H and O–H groups in total. The predicted octanol–water partition coefficient (Wildman–Crippen LogP) is 4.06. The van der Waals surface area contributed by atoms with Crippen molar-refractivity contribution in [1.82, 2.24) is 4.90 Å². The zero-order valence-electron chi connectivity index (χ0n) is 12.8. The molecule has 1 aromatic carbocycles. The summed E-state index contributed by atoms with van der Waals surface area (Å²) in [5.74, 6) is 0. The third-order valence-corrected chi connectivity index (χ3v) is 5.20. The van der Waals surface area contributed by atoms with Crippen molar-refractivity contribution in [3.05, 3.63) is 57.3 Å². The first-order chi connectivity index (χ1) is 9.56. The average Bonchev–Trinajstić information content (AvgIpc) is 2.95. The highest BCUT2D eigenvalue weighted by Crippen LogP contribution is 2.33. The van der Waals surface area contributed by atoms with E-state index in [-0.39, 0.29) is 6.04 Å². The van der Waals surface area contributed by atoms with E-state index in [1.807, 2.05) is 11.3 Å². The van der Waals surface area contributed by atoms with Gasteiger partial charge in [-0.15, -0.1) is 11.3 Å². The van der Waals surface area contributed by atoms with Gasteiger partial charge in [0.1, 0.15) is 0 Å². The highest BCUT2D eigenvalue weighted by Gasteiger charge is 2.24. The molecule has 3 heteroatoms. The fourth-order valence-electron chi connectivity index (χ4n) is 2.84. The number of rotatable bonds is 5. The number of benzene rings is 1. The fourth-order valence-corrected chi connectivity index (χ4v) is 3.67. The van der Waals surface area contributed by atoms with Crippen molar-refractivity contribution in [1.29, 1.82) is 0 Å². The monoisotopic (exact) mass is 288 g/mol. The molecular formula is C17H24N2S. The van der Waals surface area contributed by atoms with Gasteiger partial charge in [0.25, 0.3) is 0 Å². The molecular weight excluding hydrogens is 264 g/mol. The maximum Gasteiger partial charge on any atom is 0.0479 e. The Morgan fingerprint density at radius 3 is 2.30 bits per heavy atom. The van der Waals surface area contributed by atoms with Crippen LogP contribution in [0.1, 0.15) is 40.6 Å². The lowest BCUT2D eigenvalue weighted by atomic mass is 9.94. The topological polar surface area (TPSA) is 29.3 Å². The van der Waals surface area contributed by atoms with Crippen LogP contribution in [0, 0.1) is 13.8 Å². The lowest BCUT2D eigenvalue weighted by molar-refractivity contribution is 0.191. The molecule has 1 aromatic heterocycles.